The quantitative estimate of drug-likeness (QED) is 0.815. The van der Waals surface area contributed by atoms with E-state index in [1.165, 1.54) is 13.0 Å². The summed E-state index contributed by atoms with van der Waals surface area (Å²) in [6.07, 6.45) is 0. The lowest BCUT2D eigenvalue weighted by atomic mass is 9.92. The number of anilines is 1. The Morgan fingerprint density at radius 3 is 2.56 bits per heavy atom. The van der Waals surface area contributed by atoms with E-state index in [2.05, 4.69) is 10.6 Å². The third-order valence-corrected chi connectivity index (χ3v) is 4.60. The molecule has 1 aliphatic rings. The summed E-state index contributed by atoms with van der Waals surface area (Å²) in [6.45, 7) is 3.10. The number of nitrogens with zero attached hydrogens (tertiary/aromatic N) is 2. The maximum atomic E-state index is 13.0. The molecule has 0 radical (unpaired) electrons. The standard InChI is InChI=1S/C20H18N4O3/c1-13(17(25)22-16-10-6-7-14(11-16)12-21)24-18(26)20(2,23-19(24)27)15-8-4-3-5-9-15/h3-11,13H,1-2H3,(H,22,25)(H,23,27)/t13-,20-/m1/s1. The molecule has 4 amide bonds. The van der Waals surface area contributed by atoms with Gasteiger partial charge in [0.25, 0.3) is 5.91 Å². The van der Waals surface area contributed by atoms with Gasteiger partial charge in [-0.1, -0.05) is 36.4 Å². The molecule has 7 nitrogen and oxygen atoms in total. The minimum absolute atomic E-state index is 0.395. The maximum absolute atomic E-state index is 13.0. The normalized spacial score (nSPS) is 20.0. The van der Waals surface area contributed by atoms with Crippen LogP contribution in [-0.4, -0.2) is 28.8 Å². The Kier molecular flexibility index (Phi) is 4.65. The Morgan fingerprint density at radius 1 is 1.19 bits per heavy atom. The van der Waals surface area contributed by atoms with Crippen molar-refractivity contribution >= 4 is 23.5 Å². The van der Waals surface area contributed by atoms with Gasteiger partial charge in [0.05, 0.1) is 11.6 Å². The topological polar surface area (TPSA) is 102 Å². The smallest absolute Gasteiger partial charge is 0.324 e. The number of amides is 4. The summed E-state index contributed by atoms with van der Waals surface area (Å²) in [5.74, 6) is -1.02. The minimum atomic E-state index is -1.23. The van der Waals surface area contributed by atoms with Gasteiger partial charge in [-0.2, -0.15) is 5.26 Å². The third kappa shape index (κ3) is 3.25. The molecule has 0 saturated carbocycles. The number of imide groups is 1. The monoisotopic (exact) mass is 362 g/mol. The van der Waals surface area contributed by atoms with Gasteiger partial charge >= 0.3 is 6.03 Å². The lowest BCUT2D eigenvalue weighted by molar-refractivity contribution is -0.136. The first-order valence-corrected chi connectivity index (χ1v) is 8.39. The van der Waals surface area contributed by atoms with Crippen molar-refractivity contribution in [3.05, 3.63) is 65.7 Å². The van der Waals surface area contributed by atoms with Crippen LogP contribution in [0.25, 0.3) is 0 Å². The predicted octanol–water partition coefficient (Wildman–Crippen LogP) is 2.35. The van der Waals surface area contributed by atoms with E-state index in [0.717, 1.165) is 4.90 Å². The number of carbonyl (C=O) groups is 3. The molecular formula is C20H18N4O3. The first kappa shape index (κ1) is 18.1. The highest BCUT2D eigenvalue weighted by Gasteiger charge is 2.51. The van der Waals surface area contributed by atoms with Gasteiger partial charge in [0.15, 0.2) is 0 Å². The van der Waals surface area contributed by atoms with Crippen LogP contribution in [0.5, 0.6) is 0 Å². The van der Waals surface area contributed by atoms with Crippen LogP contribution in [0.15, 0.2) is 54.6 Å². The Labute approximate surface area is 156 Å². The van der Waals surface area contributed by atoms with Crippen LogP contribution < -0.4 is 10.6 Å². The zero-order chi connectivity index (χ0) is 19.6. The molecule has 0 aliphatic carbocycles. The van der Waals surface area contributed by atoms with Crippen molar-refractivity contribution in [3.8, 4) is 6.07 Å². The number of nitrogens with one attached hydrogen (secondary N) is 2. The van der Waals surface area contributed by atoms with E-state index in [9.17, 15) is 14.4 Å². The predicted molar refractivity (Wildman–Crippen MR) is 98.4 cm³/mol. The number of nitriles is 1. The molecule has 1 aliphatic heterocycles. The first-order valence-electron chi connectivity index (χ1n) is 8.39. The fourth-order valence-corrected chi connectivity index (χ4v) is 3.01. The Hall–Kier alpha value is -3.66. The number of hydrogen-bond donors (Lipinski definition) is 2. The molecule has 27 heavy (non-hydrogen) atoms. The fourth-order valence-electron chi connectivity index (χ4n) is 3.01. The summed E-state index contributed by atoms with van der Waals surface area (Å²) >= 11 is 0. The molecular weight excluding hydrogens is 344 g/mol. The summed E-state index contributed by atoms with van der Waals surface area (Å²) in [4.78, 5) is 38.9. The van der Waals surface area contributed by atoms with E-state index < -0.39 is 29.4 Å². The largest absolute Gasteiger partial charge is 0.326 e. The second kappa shape index (κ2) is 6.92. The molecule has 3 rings (SSSR count). The summed E-state index contributed by atoms with van der Waals surface area (Å²) in [5, 5.41) is 14.3. The molecule has 2 atom stereocenters. The Balaban J connectivity index is 1.81. The van der Waals surface area contributed by atoms with E-state index in [4.69, 9.17) is 5.26 Å². The zero-order valence-corrected chi connectivity index (χ0v) is 14.9. The number of hydrogen-bond acceptors (Lipinski definition) is 4. The molecule has 2 aromatic rings. The summed E-state index contributed by atoms with van der Waals surface area (Å²) in [5.41, 5.74) is 0.226. The van der Waals surface area contributed by atoms with Gasteiger partial charge in [-0.05, 0) is 37.6 Å². The van der Waals surface area contributed by atoms with Crippen LogP contribution in [0, 0.1) is 11.3 Å². The van der Waals surface area contributed by atoms with Crippen molar-refractivity contribution in [3.63, 3.8) is 0 Å². The average Bonchev–Trinajstić information content (AvgIpc) is 2.91. The molecule has 1 heterocycles. The van der Waals surface area contributed by atoms with Gasteiger partial charge in [-0.25, -0.2) is 9.69 Å². The van der Waals surface area contributed by atoms with E-state index in [-0.39, 0.29) is 0 Å². The van der Waals surface area contributed by atoms with Gasteiger partial charge in [-0.15, -0.1) is 0 Å². The zero-order valence-electron chi connectivity index (χ0n) is 14.9. The second-order valence-corrected chi connectivity index (χ2v) is 6.45. The van der Waals surface area contributed by atoms with Crippen LogP contribution in [-0.2, 0) is 15.1 Å². The van der Waals surface area contributed by atoms with E-state index in [1.54, 1.807) is 49.4 Å². The van der Waals surface area contributed by atoms with Gasteiger partial charge in [0, 0.05) is 5.69 Å². The Bertz CT molecular complexity index is 951. The van der Waals surface area contributed by atoms with Crippen molar-refractivity contribution in [2.45, 2.75) is 25.4 Å². The van der Waals surface area contributed by atoms with Crippen molar-refractivity contribution < 1.29 is 14.4 Å². The van der Waals surface area contributed by atoms with Gasteiger partial charge in [0.1, 0.15) is 11.6 Å². The highest BCUT2D eigenvalue weighted by atomic mass is 16.2. The molecule has 2 N–H and O–H groups in total. The van der Waals surface area contributed by atoms with Crippen molar-refractivity contribution in [1.82, 2.24) is 10.2 Å². The van der Waals surface area contributed by atoms with E-state index in [0.29, 0.717) is 16.8 Å². The number of urea groups is 1. The molecule has 1 fully saturated rings. The lowest BCUT2D eigenvalue weighted by Crippen LogP contribution is -2.47. The van der Waals surface area contributed by atoms with Crippen LogP contribution in [0.1, 0.15) is 25.0 Å². The molecule has 0 aromatic heterocycles. The highest BCUT2D eigenvalue weighted by molar-refractivity contribution is 6.11. The van der Waals surface area contributed by atoms with Crippen LogP contribution in [0.3, 0.4) is 0 Å². The summed E-state index contributed by atoms with van der Waals surface area (Å²) < 4.78 is 0. The molecule has 0 unspecified atom stereocenters. The van der Waals surface area contributed by atoms with Crippen molar-refractivity contribution in [2.24, 2.45) is 0 Å². The molecule has 136 valence electrons. The van der Waals surface area contributed by atoms with Gasteiger partial charge in [-0.3, -0.25) is 9.59 Å². The lowest BCUT2D eigenvalue weighted by Gasteiger charge is -2.24. The number of benzene rings is 2. The maximum Gasteiger partial charge on any atom is 0.326 e. The minimum Gasteiger partial charge on any atom is -0.324 e. The second-order valence-electron chi connectivity index (χ2n) is 6.45. The van der Waals surface area contributed by atoms with Gasteiger partial charge < -0.3 is 10.6 Å². The molecule has 7 heteroatoms. The van der Waals surface area contributed by atoms with Crippen molar-refractivity contribution in [1.29, 1.82) is 5.26 Å². The Morgan fingerprint density at radius 2 is 1.89 bits per heavy atom. The van der Waals surface area contributed by atoms with Gasteiger partial charge in [0.2, 0.25) is 5.91 Å². The van der Waals surface area contributed by atoms with Crippen LogP contribution >= 0.6 is 0 Å². The molecule has 2 aromatic carbocycles. The SMILES string of the molecule is C[C@H](C(=O)Nc1cccc(C#N)c1)N1C(=O)N[C@](C)(c2ccccc2)C1=O. The third-order valence-electron chi connectivity index (χ3n) is 4.60. The fraction of sp³-hybridized carbons (Fsp3) is 0.200. The summed E-state index contributed by atoms with van der Waals surface area (Å²) in [7, 11) is 0. The van der Waals surface area contributed by atoms with Crippen LogP contribution in [0.2, 0.25) is 0 Å². The number of carbonyl (C=O) groups excluding carboxylic acids is 3. The average molecular weight is 362 g/mol. The van der Waals surface area contributed by atoms with Crippen molar-refractivity contribution in [2.75, 3.05) is 5.32 Å². The highest BCUT2D eigenvalue weighted by Crippen LogP contribution is 2.30. The van der Waals surface area contributed by atoms with E-state index >= 15 is 0 Å². The summed E-state index contributed by atoms with van der Waals surface area (Å²) in [6, 6.07) is 15.6. The molecule has 0 bridgehead atoms. The first-order chi connectivity index (χ1) is 12.9. The van der Waals surface area contributed by atoms with E-state index in [1.807, 2.05) is 12.1 Å². The molecule has 1 saturated heterocycles. The van der Waals surface area contributed by atoms with Crippen LogP contribution in [0.4, 0.5) is 10.5 Å². The molecule has 0 spiro atoms. The number of rotatable bonds is 4.